The molecule has 6 heteroatoms. The highest BCUT2D eigenvalue weighted by Gasteiger charge is 2.25. The Labute approximate surface area is 69.2 Å². The summed E-state index contributed by atoms with van der Waals surface area (Å²) in [6.45, 7) is 1.81. The normalized spacial score (nSPS) is 29.4. The van der Waals surface area contributed by atoms with E-state index in [1.54, 1.807) is 0 Å². The summed E-state index contributed by atoms with van der Waals surface area (Å²) in [5.41, 5.74) is 0. The van der Waals surface area contributed by atoms with E-state index in [-0.39, 0.29) is 9.80 Å². The first-order valence-corrected chi connectivity index (χ1v) is 5.35. The molecule has 1 unspecified atom stereocenters. The lowest BCUT2D eigenvalue weighted by Crippen LogP contribution is -1.97. The first kappa shape index (κ1) is 6.69. The van der Waals surface area contributed by atoms with E-state index in [4.69, 9.17) is 15.8 Å². The minimum Gasteiger partial charge on any atom is -0.405 e. The number of nitrogens with zero attached hydrogens (tertiary/aromatic N) is 2. The lowest BCUT2D eigenvalue weighted by molar-refractivity contribution is 0.655. The van der Waals surface area contributed by atoms with Crippen LogP contribution in [0.25, 0.3) is 0 Å². The Hall–Kier alpha value is -0.000000000000000111. The summed E-state index contributed by atoms with van der Waals surface area (Å²) in [4.78, 5) is 4.85. The van der Waals surface area contributed by atoms with E-state index in [2.05, 4.69) is 9.39 Å². The molecule has 3 nitrogen and oxygen atoms in total. The van der Waals surface area contributed by atoms with E-state index < -0.39 is 0 Å². The van der Waals surface area contributed by atoms with E-state index in [1.165, 1.54) is 11.0 Å². The van der Waals surface area contributed by atoms with Crippen molar-refractivity contribution in [3.8, 4) is 0 Å². The lowest BCUT2D eigenvalue weighted by atomic mass is 10.7. The molecule has 0 radical (unpaired) electrons. The topological polar surface area (TPSA) is 34.0 Å². The Morgan fingerprint density at radius 2 is 2.50 bits per heavy atom. The predicted molar refractivity (Wildman–Crippen MR) is 47.7 cm³/mol. The SMILES string of the molecule is CC1=NC2=S(O1)SN=C2Cl. The number of halogens is 1. The van der Waals surface area contributed by atoms with Crippen LogP contribution >= 0.6 is 32.4 Å². The summed E-state index contributed by atoms with van der Waals surface area (Å²) in [6.07, 6.45) is 0. The molecule has 0 bridgehead atoms. The van der Waals surface area contributed by atoms with Crippen LogP contribution in [0.1, 0.15) is 6.92 Å². The van der Waals surface area contributed by atoms with Crippen LogP contribution in [0.4, 0.5) is 0 Å². The Kier molecular flexibility index (Phi) is 1.51. The summed E-state index contributed by atoms with van der Waals surface area (Å²) in [5.74, 6) is 0.680. The maximum absolute atomic E-state index is 5.69. The zero-order valence-electron chi connectivity index (χ0n) is 5.00. The molecule has 0 aliphatic carbocycles. The van der Waals surface area contributed by atoms with Crippen molar-refractivity contribution in [1.82, 2.24) is 0 Å². The second kappa shape index (κ2) is 2.25. The molecule has 2 aliphatic rings. The maximum atomic E-state index is 5.69. The molecular formula is C4H3ClN2OS2. The standard InChI is InChI=1S/C4H3ClN2OS2/c1-2-6-4-3(5)7-9-10(4)8-2/h1H3. The molecule has 2 rings (SSSR count). The number of rotatable bonds is 0. The van der Waals surface area contributed by atoms with Gasteiger partial charge in [0.1, 0.15) is 9.80 Å². The van der Waals surface area contributed by atoms with Gasteiger partial charge in [0.05, 0.1) is 11.0 Å². The molecular weight excluding hydrogens is 192 g/mol. The maximum Gasteiger partial charge on any atom is 0.202 e. The van der Waals surface area contributed by atoms with Crippen LogP contribution in [0.2, 0.25) is 0 Å². The van der Waals surface area contributed by atoms with Crippen molar-refractivity contribution >= 4 is 48.4 Å². The first-order valence-electron chi connectivity index (χ1n) is 2.53. The third kappa shape index (κ3) is 0.889. The second-order valence-corrected chi connectivity index (χ2v) is 4.78. The van der Waals surface area contributed by atoms with Crippen LogP contribution in [-0.4, -0.2) is 16.1 Å². The zero-order valence-corrected chi connectivity index (χ0v) is 7.39. The molecule has 0 aromatic carbocycles. The smallest absolute Gasteiger partial charge is 0.202 e. The summed E-state index contributed by atoms with van der Waals surface area (Å²) < 4.78 is 9.16. The molecule has 2 aliphatic heterocycles. The fourth-order valence-corrected chi connectivity index (χ4v) is 3.71. The fraction of sp³-hybridized carbons (Fsp3) is 0.250. The minimum atomic E-state index is -0.334. The number of hydrogen-bond acceptors (Lipinski definition) is 4. The summed E-state index contributed by atoms with van der Waals surface area (Å²) in [6, 6.07) is 0. The monoisotopic (exact) mass is 194 g/mol. The first-order chi connectivity index (χ1) is 4.77. The van der Waals surface area contributed by atoms with E-state index in [9.17, 15) is 0 Å². The molecule has 10 heavy (non-hydrogen) atoms. The van der Waals surface area contributed by atoms with E-state index in [0.717, 1.165) is 4.99 Å². The molecule has 54 valence electrons. The van der Waals surface area contributed by atoms with Crippen LogP contribution in [0.5, 0.6) is 0 Å². The van der Waals surface area contributed by atoms with Crippen molar-refractivity contribution in [2.24, 2.45) is 9.39 Å². The van der Waals surface area contributed by atoms with Crippen molar-refractivity contribution in [1.29, 1.82) is 0 Å². The summed E-state index contributed by atoms with van der Waals surface area (Å²) in [5, 5.41) is 0.477. The number of hydrogen-bond donors (Lipinski definition) is 0. The predicted octanol–water partition coefficient (Wildman–Crippen LogP) is 1.96. The third-order valence-corrected chi connectivity index (χ3v) is 4.14. The van der Waals surface area contributed by atoms with Crippen molar-refractivity contribution in [3.05, 3.63) is 0 Å². The Balaban J connectivity index is 2.39. The molecule has 0 saturated heterocycles. The summed E-state index contributed by atoms with van der Waals surface area (Å²) in [7, 11) is 1.00. The number of aliphatic imine (C=N–C) groups is 1. The lowest BCUT2D eigenvalue weighted by Gasteiger charge is -1.94. The largest absolute Gasteiger partial charge is 0.405 e. The van der Waals surface area contributed by atoms with Gasteiger partial charge in [-0.1, -0.05) is 11.6 Å². The van der Waals surface area contributed by atoms with Crippen molar-refractivity contribution < 1.29 is 4.18 Å². The molecule has 2 heterocycles. The highest BCUT2D eigenvalue weighted by Crippen LogP contribution is 2.43. The third-order valence-electron chi connectivity index (χ3n) is 0.975. The van der Waals surface area contributed by atoms with Gasteiger partial charge in [0.25, 0.3) is 0 Å². The van der Waals surface area contributed by atoms with Crippen LogP contribution in [0, 0.1) is 0 Å². The van der Waals surface area contributed by atoms with Crippen LogP contribution in [0.15, 0.2) is 9.39 Å². The van der Waals surface area contributed by atoms with Gasteiger partial charge in [-0.05, 0) is 0 Å². The van der Waals surface area contributed by atoms with E-state index in [1.807, 2.05) is 6.92 Å². The van der Waals surface area contributed by atoms with Gasteiger partial charge in [-0.3, -0.25) is 0 Å². The molecule has 1 atom stereocenters. The molecule has 0 saturated carbocycles. The molecule has 0 aromatic rings. The van der Waals surface area contributed by atoms with Crippen LogP contribution in [-0.2, 0) is 4.18 Å². The molecule has 0 fully saturated rings. The fourth-order valence-electron chi connectivity index (χ4n) is 0.619. The van der Waals surface area contributed by atoms with Gasteiger partial charge in [-0.25, -0.2) is 4.99 Å². The quantitative estimate of drug-likeness (QED) is 0.336. The Morgan fingerprint density at radius 1 is 1.70 bits per heavy atom. The molecule has 0 spiro atoms. The Morgan fingerprint density at radius 3 is 3.20 bits per heavy atom. The summed E-state index contributed by atoms with van der Waals surface area (Å²) >= 11 is 5.69. The van der Waals surface area contributed by atoms with Gasteiger partial charge in [-0.15, -0.1) is 0 Å². The van der Waals surface area contributed by atoms with E-state index in [0.29, 0.717) is 11.1 Å². The van der Waals surface area contributed by atoms with Gasteiger partial charge < -0.3 is 4.18 Å². The van der Waals surface area contributed by atoms with Crippen LogP contribution < -0.4 is 0 Å². The van der Waals surface area contributed by atoms with Crippen molar-refractivity contribution in [2.75, 3.05) is 0 Å². The average molecular weight is 195 g/mol. The van der Waals surface area contributed by atoms with Gasteiger partial charge in [0, 0.05) is 6.92 Å². The van der Waals surface area contributed by atoms with Gasteiger partial charge in [-0.2, -0.15) is 4.40 Å². The molecule has 0 amide bonds. The van der Waals surface area contributed by atoms with Crippen LogP contribution in [0.3, 0.4) is 0 Å². The average Bonchev–Trinajstić information content (AvgIpc) is 2.35. The van der Waals surface area contributed by atoms with Gasteiger partial charge in [0.2, 0.25) is 5.90 Å². The zero-order chi connectivity index (χ0) is 7.14. The molecule has 0 aromatic heterocycles. The van der Waals surface area contributed by atoms with Crippen molar-refractivity contribution in [3.63, 3.8) is 0 Å². The molecule has 0 N–H and O–H groups in total. The highest BCUT2D eigenvalue weighted by molar-refractivity contribution is 8.82. The van der Waals surface area contributed by atoms with Crippen molar-refractivity contribution in [2.45, 2.75) is 6.92 Å². The minimum absolute atomic E-state index is 0.334. The second-order valence-electron chi connectivity index (χ2n) is 1.71. The highest BCUT2D eigenvalue weighted by atomic mass is 35.5. The van der Waals surface area contributed by atoms with Gasteiger partial charge in [0.15, 0.2) is 10.2 Å². The van der Waals surface area contributed by atoms with E-state index >= 15 is 0 Å². The van der Waals surface area contributed by atoms with Gasteiger partial charge >= 0.3 is 0 Å². The Bertz CT molecular complexity index is 283.